The Hall–Kier alpha value is -3.26. The number of anilines is 3. The van der Waals surface area contributed by atoms with Crippen molar-refractivity contribution in [3.63, 3.8) is 0 Å². The second-order valence-electron chi connectivity index (χ2n) is 6.26. The van der Waals surface area contributed by atoms with E-state index in [4.69, 9.17) is 14.2 Å². The lowest BCUT2D eigenvalue weighted by molar-refractivity contribution is 0.160. The maximum atomic E-state index is 11.7. The minimum absolute atomic E-state index is 0. The molecule has 0 saturated carbocycles. The van der Waals surface area contributed by atoms with Crippen molar-refractivity contribution < 1.29 is 19.0 Å². The van der Waals surface area contributed by atoms with Gasteiger partial charge in [-0.25, -0.2) is 14.8 Å². The van der Waals surface area contributed by atoms with Crippen LogP contribution in [0.3, 0.4) is 0 Å². The van der Waals surface area contributed by atoms with E-state index in [9.17, 15) is 4.79 Å². The molecule has 1 amide bonds. The zero-order valence-electron chi connectivity index (χ0n) is 17.1. The van der Waals surface area contributed by atoms with Crippen molar-refractivity contribution in [2.75, 3.05) is 31.5 Å². The number of nitrogens with one attached hydrogen (secondary N) is 2. The van der Waals surface area contributed by atoms with Crippen molar-refractivity contribution in [1.82, 2.24) is 9.97 Å². The van der Waals surface area contributed by atoms with Gasteiger partial charge in [-0.1, -0.05) is 13.3 Å². The van der Waals surface area contributed by atoms with Gasteiger partial charge < -0.3 is 19.5 Å². The van der Waals surface area contributed by atoms with Crippen molar-refractivity contribution in [3.05, 3.63) is 42.7 Å². The third-order valence-electron chi connectivity index (χ3n) is 4.27. The van der Waals surface area contributed by atoms with Crippen LogP contribution in [-0.2, 0) is 4.74 Å². The van der Waals surface area contributed by atoms with E-state index in [1.54, 1.807) is 32.4 Å². The van der Waals surface area contributed by atoms with Gasteiger partial charge in [0.15, 0.2) is 11.5 Å². The highest BCUT2D eigenvalue weighted by molar-refractivity contribution is 5.93. The lowest BCUT2D eigenvalue weighted by Crippen LogP contribution is -2.14. The van der Waals surface area contributed by atoms with Crippen molar-refractivity contribution >= 4 is 46.6 Å². The number of carbonyl (C=O) groups is 1. The normalized spacial score (nSPS) is 10.1. The number of hydrogen-bond donors (Lipinski definition) is 2. The summed E-state index contributed by atoms with van der Waals surface area (Å²) < 4.78 is 15.8. The fourth-order valence-electron chi connectivity index (χ4n) is 2.72. The molecule has 30 heavy (non-hydrogen) atoms. The number of unbranched alkanes of at least 4 members (excludes halogenated alkanes) is 1. The third kappa shape index (κ3) is 5.64. The Labute approximate surface area is 181 Å². The number of aromatic nitrogens is 2. The van der Waals surface area contributed by atoms with Crippen molar-refractivity contribution in [2.24, 2.45) is 0 Å². The van der Waals surface area contributed by atoms with Crippen LogP contribution in [0.25, 0.3) is 10.9 Å². The van der Waals surface area contributed by atoms with E-state index < -0.39 is 6.09 Å². The van der Waals surface area contributed by atoms with E-state index >= 15 is 0 Å². The molecule has 0 spiro atoms. The van der Waals surface area contributed by atoms with Gasteiger partial charge in [-0.05, 0) is 36.8 Å². The predicted octanol–water partition coefficient (Wildman–Crippen LogP) is 5.16. The Morgan fingerprint density at radius 3 is 2.33 bits per heavy atom. The quantitative estimate of drug-likeness (QED) is 0.474. The van der Waals surface area contributed by atoms with Gasteiger partial charge in [-0.3, -0.25) is 5.32 Å². The smallest absolute Gasteiger partial charge is 0.411 e. The maximum Gasteiger partial charge on any atom is 0.411 e. The second kappa shape index (κ2) is 11.1. The first-order chi connectivity index (χ1) is 14.1. The van der Waals surface area contributed by atoms with Gasteiger partial charge in [0.25, 0.3) is 0 Å². The number of rotatable bonds is 8. The van der Waals surface area contributed by atoms with Crippen LogP contribution in [0.2, 0.25) is 0 Å². The summed E-state index contributed by atoms with van der Waals surface area (Å²) >= 11 is 0. The minimum Gasteiger partial charge on any atom is -0.493 e. The summed E-state index contributed by atoms with van der Waals surface area (Å²) in [5.41, 5.74) is 2.19. The molecule has 0 unspecified atom stereocenters. The van der Waals surface area contributed by atoms with Gasteiger partial charge in [0, 0.05) is 22.8 Å². The molecule has 0 atom stereocenters. The lowest BCUT2D eigenvalue weighted by Gasteiger charge is -2.12. The number of carbonyl (C=O) groups excluding carboxylic acids is 1. The van der Waals surface area contributed by atoms with Crippen LogP contribution in [-0.4, -0.2) is 36.9 Å². The van der Waals surface area contributed by atoms with Crippen LogP contribution >= 0.6 is 12.4 Å². The molecular weight excluding hydrogens is 408 g/mol. The molecule has 3 aromatic rings. The van der Waals surface area contributed by atoms with Gasteiger partial charge in [0.2, 0.25) is 0 Å². The molecule has 0 aliphatic heterocycles. The summed E-state index contributed by atoms with van der Waals surface area (Å²) in [6.07, 6.45) is 2.85. The predicted molar refractivity (Wildman–Crippen MR) is 119 cm³/mol. The largest absolute Gasteiger partial charge is 0.493 e. The SMILES string of the molecule is CCCCOC(=O)Nc1ccc(Nc2ncnc3cc(OC)c(OC)cc23)cc1.Cl. The molecule has 3 rings (SSSR count). The van der Waals surface area contributed by atoms with Crippen LogP contribution in [0.15, 0.2) is 42.7 Å². The Morgan fingerprint density at radius 2 is 1.67 bits per heavy atom. The van der Waals surface area contributed by atoms with E-state index in [0.717, 1.165) is 29.4 Å². The topological polar surface area (TPSA) is 94.6 Å². The van der Waals surface area contributed by atoms with Crippen LogP contribution in [0.1, 0.15) is 19.8 Å². The second-order valence-corrected chi connectivity index (χ2v) is 6.26. The molecule has 0 radical (unpaired) electrons. The Bertz CT molecular complexity index is 983. The molecule has 0 aliphatic carbocycles. The van der Waals surface area contributed by atoms with Gasteiger partial charge in [0.05, 0.1) is 26.3 Å². The zero-order valence-corrected chi connectivity index (χ0v) is 17.9. The molecule has 0 aliphatic rings. The number of fused-ring (bicyclic) bond motifs is 1. The number of methoxy groups -OCH3 is 2. The maximum absolute atomic E-state index is 11.7. The first-order valence-corrected chi connectivity index (χ1v) is 9.32. The Balaban J connectivity index is 0.00000320. The summed E-state index contributed by atoms with van der Waals surface area (Å²) in [5, 5.41) is 6.77. The number of hydrogen-bond acceptors (Lipinski definition) is 7. The van der Waals surface area contributed by atoms with E-state index in [2.05, 4.69) is 20.6 Å². The molecule has 1 aromatic heterocycles. The Morgan fingerprint density at radius 1 is 1.00 bits per heavy atom. The van der Waals surface area contributed by atoms with Crippen molar-refractivity contribution in [2.45, 2.75) is 19.8 Å². The van der Waals surface area contributed by atoms with Crippen LogP contribution in [0.4, 0.5) is 22.0 Å². The summed E-state index contributed by atoms with van der Waals surface area (Å²) in [6, 6.07) is 10.9. The molecule has 9 heteroatoms. The van der Waals surface area contributed by atoms with Gasteiger partial charge in [0.1, 0.15) is 12.1 Å². The highest BCUT2D eigenvalue weighted by atomic mass is 35.5. The molecule has 2 aromatic carbocycles. The molecule has 0 bridgehead atoms. The third-order valence-corrected chi connectivity index (χ3v) is 4.27. The zero-order chi connectivity index (χ0) is 20.6. The first-order valence-electron chi connectivity index (χ1n) is 9.32. The molecule has 0 fully saturated rings. The van der Waals surface area contributed by atoms with Crippen LogP contribution < -0.4 is 20.1 Å². The highest BCUT2D eigenvalue weighted by Gasteiger charge is 2.11. The summed E-state index contributed by atoms with van der Waals surface area (Å²) in [4.78, 5) is 20.4. The molecule has 0 saturated heterocycles. The lowest BCUT2D eigenvalue weighted by atomic mass is 10.2. The van der Waals surface area contributed by atoms with Crippen molar-refractivity contribution in [3.8, 4) is 11.5 Å². The van der Waals surface area contributed by atoms with E-state index in [0.29, 0.717) is 29.6 Å². The molecule has 160 valence electrons. The molecule has 2 N–H and O–H groups in total. The summed E-state index contributed by atoms with van der Waals surface area (Å²) in [7, 11) is 3.17. The Kier molecular flexibility index (Phi) is 8.49. The average Bonchev–Trinajstić information content (AvgIpc) is 2.74. The highest BCUT2D eigenvalue weighted by Crippen LogP contribution is 2.34. The number of halogens is 1. The fourth-order valence-corrected chi connectivity index (χ4v) is 2.72. The minimum atomic E-state index is -0.456. The summed E-state index contributed by atoms with van der Waals surface area (Å²) in [6.45, 7) is 2.46. The fraction of sp³-hybridized carbons (Fsp3) is 0.286. The first kappa shape index (κ1) is 23.0. The van der Waals surface area contributed by atoms with Gasteiger partial charge >= 0.3 is 6.09 Å². The molecular formula is C21H25ClN4O4. The average molecular weight is 433 g/mol. The number of nitrogens with zero attached hydrogens (tertiary/aromatic N) is 2. The van der Waals surface area contributed by atoms with Crippen LogP contribution in [0.5, 0.6) is 11.5 Å². The number of benzene rings is 2. The van der Waals surface area contributed by atoms with E-state index in [1.807, 2.05) is 25.1 Å². The number of ether oxygens (including phenoxy) is 3. The van der Waals surface area contributed by atoms with Gasteiger partial charge in [-0.2, -0.15) is 0 Å². The van der Waals surface area contributed by atoms with Crippen molar-refractivity contribution in [1.29, 1.82) is 0 Å². The van der Waals surface area contributed by atoms with Gasteiger partial charge in [-0.15, -0.1) is 12.4 Å². The monoisotopic (exact) mass is 432 g/mol. The molecule has 8 nitrogen and oxygen atoms in total. The standard InChI is InChI=1S/C21H24N4O4.ClH/c1-4-5-10-29-21(26)25-15-8-6-14(7-9-15)24-20-16-11-18(27-2)19(28-3)12-17(16)22-13-23-20;/h6-9,11-13H,4-5,10H2,1-3H3,(H,25,26)(H,22,23,24);1H. The van der Waals surface area contributed by atoms with Crippen LogP contribution in [0, 0.1) is 0 Å². The van der Waals surface area contributed by atoms with E-state index in [-0.39, 0.29) is 12.4 Å². The van der Waals surface area contributed by atoms with E-state index in [1.165, 1.54) is 6.33 Å². The molecule has 1 heterocycles. The summed E-state index contributed by atoms with van der Waals surface area (Å²) in [5.74, 6) is 1.83. The number of amides is 1.